The molecule has 3 amide bonds. The normalized spacial score (nSPS) is 28.1. The van der Waals surface area contributed by atoms with E-state index in [9.17, 15) is 29.0 Å². The van der Waals surface area contributed by atoms with Gasteiger partial charge in [0, 0.05) is 32.1 Å². The second-order valence-corrected chi connectivity index (χ2v) is 10.8. The van der Waals surface area contributed by atoms with Crippen molar-refractivity contribution in [3.05, 3.63) is 42.0 Å². The average Bonchev–Trinajstić information content (AvgIpc) is 3.70. The van der Waals surface area contributed by atoms with Crippen LogP contribution < -0.4 is 16.0 Å². The summed E-state index contributed by atoms with van der Waals surface area (Å²) in [4.78, 5) is 41.0. The van der Waals surface area contributed by atoms with E-state index in [1.54, 1.807) is 6.20 Å². The second-order valence-electron chi connectivity index (χ2n) is 10.8. The third kappa shape index (κ3) is 7.25. The van der Waals surface area contributed by atoms with E-state index < -0.39 is 54.0 Å². The van der Waals surface area contributed by atoms with Gasteiger partial charge in [-0.15, -0.1) is 5.10 Å². The number of aliphatic hydroxyl groups excluding tert-OH is 2. The summed E-state index contributed by atoms with van der Waals surface area (Å²) < 4.78 is 20.5. The van der Waals surface area contributed by atoms with Gasteiger partial charge in [0.2, 0.25) is 17.7 Å². The molecule has 5 rings (SSSR count). The number of aromatic nitrogens is 3. The van der Waals surface area contributed by atoms with Crippen LogP contribution >= 0.6 is 0 Å². The molecule has 1 aliphatic carbocycles. The zero-order chi connectivity index (χ0) is 28.9. The van der Waals surface area contributed by atoms with Crippen LogP contribution in [0.4, 0.5) is 4.39 Å². The van der Waals surface area contributed by atoms with Gasteiger partial charge in [-0.2, -0.15) is 0 Å². The van der Waals surface area contributed by atoms with Crippen LogP contribution in [-0.4, -0.2) is 111 Å². The molecule has 3 aliphatic rings. The van der Waals surface area contributed by atoms with Crippen molar-refractivity contribution in [1.82, 2.24) is 35.8 Å². The van der Waals surface area contributed by atoms with Gasteiger partial charge in [-0.05, 0) is 37.1 Å². The highest BCUT2D eigenvalue weighted by Crippen LogP contribution is 2.24. The number of nitrogens with one attached hydrogen (secondary N) is 3. The lowest BCUT2D eigenvalue weighted by Gasteiger charge is -2.26. The first kappa shape index (κ1) is 29.0. The van der Waals surface area contributed by atoms with Crippen molar-refractivity contribution in [2.24, 2.45) is 0 Å². The van der Waals surface area contributed by atoms with Gasteiger partial charge in [-0.1, -0.05) is 18.1 Å². The highest BCUT2D eigenvalue weighted by molar-refractivity contribution is 5.90. The van der Waals surface area contributed by atoms with Gasteiger partial charge in [0.15, 0.2) is 0 Å². The number of hydrogen-bond donors (Lipinski definition) is 5. The van der Waals surface area contributed by atoms with Crippen LogP contribution in [0.15, 0.2) is 30.5 Å². The summed E-state index contributed by atoms with van der Waals surface area (Å²) in [5.41, 5.74) is 0.954. The van der Waals surface area contributed by atoms with Crippen molar-refractivity contribution < 1.29 is 33.7 Å². The van der Waals surface area contributed by atoms with Gasteiger partial charge >= 0.3 is 0 Å². The number of rotatable bonds is 7. The van der Waals surface area contributed by atoms with E-state index in [0.29, 0.717) is 24.0 Å². The number of aliphatic hydroxyl groups is 2. The summed E-state index contributed by atoms with van der Waals surface area (Å²) in [6.45, 7) is 0.303. The molecule has 14 heteroatoms. The molecule has 2 saturated heterocycles. The van der Waals surface area contributed by atoms with Gasteiger partial charge in [0.05, 0.1) is 36.6 Å². The second kappa shape index (κ2) is 13.0. The van der Waals surface area contributed by atoms with Crippen molar-refractivity contribution >= 4 is 17.7 Å². The summed E-state index contributed by atoms with van der Waals surface area (Å²) in [7, 11) is 0. The average molecular weight is 574 g/mol. The smallest absolute Gasteiger partial charge is 0.243 e. The molecule has 13 nitrogen and oxygen atoms in total. The molecule has 2 unspecified atom stereocenters. The van der Waals surface area contributed by atoms with Crippen LogP contribution in [0.3, 0.4) is 0 Å². The molecular formula is C27H36FN7O6. The van der Waals surface area contributed by atoms with Crippen molar-refractivity contribution in [1.29, 1.82) is 0 Å². The van der Waals surface area contributed by atoms with Crippen molar-refractivity contribution in [2.75, 3.05) is 26.2 Å². The molecule has 2 aliphatic heterocycles. The van der Waals surface area contributed by atoms with Gasteiger partial charge < -0.3 is 35.8 Å². The van der Waals surface area contributed by atoms with Gasteiger partial charge in [-0.3, -0.25) is 14.4 Å². The van der Waals surface area contributed by atoms with Crippen molar-refractivity contribution in [2.45, 2.75) is 75.0 Å². The van der Waals surface area contributed by atoms with Crippen molar-refractivity contribution in [3.8, 4) is 5.69 Å². The Morgan fingerprint density at radius 2 is 1.80 bits per heavy atom. The molecule has 3 fully saturated rings. The zero-order valence-corrected chi connectivity index (χ0v) is 22.6. The third-order valence-electron chi connectivity index (χ3n) is 7.87. The minimum absolute atomic E-state index is 0.0186. The van der Waals surface area contributed by atoms with E-state index in [1.807, 2.05) is 0 Å². The Bertz CT molecular complexity index is 1220. The van der Waals surface area contributed by atoms with Crippen LogP contribution in [0.5, 0.6) is 0 Å². The van der Waals surface area contributed by atoms with E-state index in [4.69, 9.17) is 4.74 Å². The first-order chi connectivity index (χ1) is 19.8. The van der Waals surface area contributed by atoms with E-state index >= 15 is 0 Å². The number of benzene rings is 1. The summed E-state index contributed by atoms with van der Waals surface area (Å²) in [6.07, 6.45) is 1.29. The number of amides is 3. The molecule has 5 N–H and O–H groups in total. The molecule has 5 atom stereocenters. The number of ether oxygens (including phenoxy) is 1. The maximum Gasteiger partial charge on any atom is 0.243 e. The quantitative estimate of drug-likeness (QED) is 0.273. The predicted octanol–water partition coefficient (Wildman–Crippen LogP) is -1.20. The maximum absolute atomic E-state index is 13.3. The molecule has 41 heavy (non-hydrogen) atoms. The zero-order valence-electron chi connectivity index (χ0n) is 22.6. The number of halogens is 1. The Balaban J connectivity index is 1.31. The molecule has 1 aromatic heterocycles. The van der Waals surface area contributed by atoms with Crippen LogP contribution in [0, 0.1) is 5.82 Å². The number of carbonyl (C=O) groups excluding carboxylic acids is 3. The Labute approximate surface area is 236 Å². The fourth-order valence-electron chi connectivity index (χ4n) is 5.56. The van der Waals surface area contributed by atoms with Crippen LogP contribution in [0.25, 0.3) is 5.69 Å². The Hall–Kier alpha value is -3.46. The molecule has 1 saturated carbocycles. The highest BCUT2D eigenvalue weighted by Gasteiger charge is 2.44. The van der Waals surface area contributed by atoms with E-state index in [-0.39, 0.29) is 32.5 Å². The molecule has 0 spiro atoms. The van der Waals surface area contributed by atoms with E-state index in [1.165, 1.54) is 33.8 Å². The molecule has 1 aromatic carbocycles. The van der Waals surface area contributed by atoms with E-state index in [0.717, 1.165) is 25.7 Å². The predicted molar refractivity (Wildman–Crippen MR) is 142 cm³/mol. The lowest BCUT2D eigenvalue weighted by Crippen LogP contribution is -2.53. The standard InChI is InChI=1S/C27H36FN7O6/c28-16-5-7-19(8-6-16)35-14-18(32-33-35)11-20-27(40)30-13-22-26(39)25(38)21(41-22)12-24(37)34(15-23(36)31-20)10-9-29-17-3-1-2-4-17/h5-8,14,17,20-22,25-26,29,38-39H,1-4,9-13,15H2,(H,30,40)(H,31,36)/t20-,21+,22-,25?,26?/m1/s1. The van der Waals surface area contributed by atoms with Crippen LogP contribution in [0.2, 0.25) is 0 Å². The maximum atomic E-state index is 13.3. The summed E-state index contributed by atoms with van der Waals surface area (Å²) in [5.74, 6) is -1.88. The number of carbonyl (C=O) groups is 3. The lowest BCUT2D eigenvalue weighted by molar-refractivity contribution is -0.139. The van der Waals surface area contributed by atoms with Crippen molar-refractivity contribution in [3.63, 3.8) is 0 Å². The Morgan fingerprint density at radius 1 is 1.07 bits per heavy atom. The fourth-order valence-corrected chi connectivity index (χ4v) is 5.56. The first-order valence-corrected chi connectivity index (χ1v) is 14.0. The summed E-state index contributed by atoms with van der Waals surface area (Å²) >= 11 is 0. The highest BCUT2D eigenvalue weighted by atomic mass is 19.1. The summed E-state index contributed by atoms with van der Waals surface area (Å²) in [6, 6.07) is 4.94. The Kier molecular flexibility index (Phi) is 9.22. The number of fused-ring (bicyclic) bond motifs is 2. The topological polar surface area (TPSA) is 171 Å². The first-order valence-electron chi connectivity index (χ1n) is 14.0. The van der Waals surface area contributed by atoms with Gasteiger partial charge in [0.1, 0.15) is 30.2 Å². The molecule has 0 radical (unpaired) electrons. The Morgan fingerprint density at radius 3 is 2.56 bits per heavy atom. The third-order valence-corrected chi connectivity index (χ3v) is 7.87. The van der Waals surface area contributed by atoms with Crippen LogP contribution in [0.1, 0.15) is 37.8 Å². The minimum atomic E-state index is -1.31. The minimum Gasteiger partial charge on any atom is -0.388 e. The fraction of sp³-hybridized carbons (Fsp3) is 0.593. The van der Waals surface area contributed by atoms with Gasteiger partial charge in [0.25, 0.3) is 0 Å². The monoisotopic (exact) mass is 573 g/mol. The summed E-state index contributed by atoms with van der Waals surface area (Å²) in [5, 5.41) is 37.9. The van der Waals surface area contributed by atoms with Gasteiger partial charge in [-0.25, -0.2) is 9.07 Å². The van der Waals surface area contributed by atoms with E-state index in [2.05, 4.69) is 26.3 Å². The number of nitrogens with zero attached hydrogens (tertiary/aromatic N) is 4. The molecule has 2 bridgehead atoms. The molecule has 2 aromatic rings. The largest absolute Gasteiger partial charge is 0.388 e. The molecule has 3 heterocycles. The van der Waals surface area contributed by atoms with Crippen LogP contribution in [-0.2, 0) is 25.5 Å². The molecular weight excluding hydrogens is 537 g/mol. The SMILES string of the molecule is O=C1CN(CCNC2CCCC2)C(=O)C[C@@H]2O[C@H](CNC(=O)[C@@H](Cc3cn(-c4ccc(F)cc4)nn3)N1)C(O)C2O. The molecule has 222 valence electrons. The number of hydrogen-bond acceptors (Lipinski definition) is 9. The lowest BCUT2D eigenvalue weighted by atomic mass is 10.0.